The first kappa shape index (κ1) is 16.6. The van der Waals surface area contributed by atoms with Crippen LogP contribution in [0.15, 0.2) is 6.20 Å². The second-order valence-electron chi connectivity index (χ2n) is 4.65. The summed E-state index contributed by atoms with van der Waals surface area (Å²) in [6.45, 7) is 4.68. The van der Waals surface area contributed by atoms with Gasteiger partial charge in [-0.3, -0.25) is 0 Å². The Kier molecular flexibility index (Phi) is 5.67. The highest BCUT2D eigenvalue weighted by Crippen LogP contribution is 2.23. The molecule has 1 heterocycles. The quantitative estimate of drug-likeness (QED) is 0.785. The summed E-state index contributed by atoms with van der Waals surface area (Å²) in [7, 11) is 0. The molecule has 114 valence electrons. The maximum atomic E-state index is 12.7. The lowest BCUT2D eigenvalue weighted by Crippen LogP contribution is -2.34. The molecule has 4 nitrogen and oxygen atoms in total. The van der Waals surface area contributed by atoms with Gasteiger partial charge >= 0.3 is 18.4 Å². The van der Waals surface area contributed by atoms with Crippen molar-refractivity contribution in [2.24, 2.45) is 0 Å². The third-order valence-electron chi connectivity index (χ3n) is 2.47. The third-order valence-corrected chi connectivity index (χ3v) is 2.47. The molecule has 0 radical (unpaired) electrons. The zero-order valence-corrected chi connectivity index (χ0v) is 11.5. The summed E-state index contributed by atoms with van der Waals surface area (Å²) in [5, 5.41) is 3.15. The van der Waals surface area contributed by atoms with E-state index in [0.717, 1.165) is 5.56 Å². The van der Waals surface area contributed by atoms with Gasteiger partial charge in [0.05, 0.1) is 0 Å². The standard InChI is InChI=1S/C12H17F4N3O/c1-7(2)17-4-9-5-18-11(19-8(9)3)20-6-12(15,16)10(13)14/h5,7,10,17H,4,6H2,1-3H3. The summed E-state index contributed by atoms with van der Waals surface area (Å²) in [5.41, 5.74) is 1.33. The van der Waals surface area contributed by atoms with Crippen molar-refractivity contribution in [1.29, 1.82) is 0 Å². The van der Waals surface area contributed by atoms with E-state index in [1.165, 1.54) is 6.20 Å². The van der Waals surface area contributed by atoms with Crippen LogP contribution in [0.2, 0.25) is 0 Å². The van der Waals surface area contributed by atoms with Crippen LogP contribution in [0.1, 0.15) is 25.1 Å². The second-order valence-corrected chi connectivity index (χ2v) is 4.65. The van der Waals surface area contributed by atoms with Gasteiger partial charge in [0.2, 0.25) is 0 Å². The van der Waals surface area contributed by atoms with Crippen molar-refractivity contribution in [3.63, 3.8) is 0 Å². The molecule has 0 bridgehead atoms. The Morgan fingerprint density at radius 2 is 2.00 bits per heavy atom. The Morgan fingerprint density at radius 3 is 2.50 bits per heavy atom. The van der Waals surface area contributed by atoms with Crippen LogP contribution in [0, 0.1) is 6.92 Å². The van der Waals surface area contributed by atoms with Crippen LogP contribution in [0.5, 0.6) is 6.01 Å². The maximum absolute atomic E-state index is 12.7. The third kappa shape index (κ3) is 4.92. The van der Waals surface area contributed by atoms with Gasteiger partial charge in [-0.2, -0.15) is 8.78 Å². The molecule has 1 rings (SSSR count). The monoisotopic (exact) mass is 295 g/mol. The average molecular weight is 295 g/mol. The first-order chi connectivity index (χ1) is 9.22. The van der Waals surface area contributed by atoms with E-state index in [-0.39, 0.29) is 12.1 Å². The number of rotatable bonds is 7. The van der Waals surface area contributed by atoms with Crippen molar-refractivity contribution in [3.8, 4) is 6.01 Å². The van der Waals surface area contributed by atoms with Gasteiger partial charge in [0.25, 0.3) is 0 Å². The van der Waals surface area contributed by atoms with Crippen molar-refractivity contribution in [3.05, 3.63) is 17.5 Å². The molecule has 0 spiro atoms. The predicted octanol–water partition coefficient (Wildman–Crippen LogP) is 2.56. The van der Waals surface area contributed by atoms with E-state index in [4.69, 9.17) is 0 Å². The highest BCUT2D eigenvalue weighted by atomic mass is 19.3. The van der Waals surface area contributed by atoms with Crippen molar-refractivity contribution in [2.45, 2.75) is 45.7 Å². The van der Waals surface area contributed by atoms with Gasteiger partial charge in [-0.15, -0.1) is 0 Å². The Morgan fingerprint density at radius 1 is 1.35 bits per heavy atom. The van der Waals surface area contributed by atoms with Crippen LogP contribution < -0.4 is 10.1 Å². The number of hydrogen-bond donors (Lipinski definition) is 1. The summed E-state index contributed by atoms with van der Waals surface area (Å²) in [4.78, 5) is 7.59. The number of ether oxygens (including phenoxy) is 1. The van der Waals surface area contributed by atoms with Gasteiger partial charge in [0.1, 0.15) is 0 Å². The fraction of sp³-hybridized carbons (Fsp3) is 0.667. The van der Waals surface area contributed by atoms with Crippen LogP contribution in [0.4, 0.5) is 17.6 Å². The molecule has 1 aromatic rings. The fourth-order valence-electron chi connectivity index (χ4n) is 1.25. The molecule has 0 aliphatic heterocycles. The number of aromatic nitrogens is 2. The highest BCUT2D eigenvalue weighted by Gasteiger charge is 2.42. The highest BCUT2D eigenvalue weighted by molar-refractivity contribution is 5.17. The van der Waals surface area contributed by atoms with Crippen molar-refractivity contribution >= 4 is 0 Å². The molecule has 0 atom stereocenters. The van der Waals surface area contributed by atoms with E-state index in [0.29, 0.717) is 12.2 Å². The summed E-state index contributed by atoms with van der Waals surface area (Å²) in [6, 6.07) is -0.0637. The van der Waals surface area contributed by atoms with Gasteiger partial charge in [-0.05, 0) is 6.92 Å². The van der Waals surface area contributed by atoms with E-state index in [9.17, 15) is 17.6 Å². The molecule has 0 aromatic carbocycles. The van der Waals surface area contributed by atoms with Crippen LogP contribution in [0.3, 0.4) is 0 Å². The van der Waals surface area contributed by atoms with Crippen LogP contribution in [-0.4, -0.2) is 35.0 Å². The molecule has 0 aliphatic carbocycles. The molecule has 1 N–H and O–H groups in total. The first-order valence-electron chi connectivity index (χ1n) is 6.07. The van der Waals surface area contributed by atoms with E-state index in [1.807, 2.05) is 13.8 Å². The number of aryl methyl sites for hydroxylation is 1. The lowest BCUT2D eigenvalue weighted by atomic mass is 10.2. The summed E-state index contributed by atoms with van der Waals surface area (Å²) < 4.78 is 53.8. The van der Waals surface area contributed by atoms with E-state index in [1.54, 1.807) is 6.92 Å². The second kappa shape index (κ2) is 6.83. The van der Waals surface area contributed by atoms with Crippen molar-refractivity contribution in [1.82, 2.24) is 15.3 Å². The average Bonchev–Trinajstić information content (AvgIpc) is 2.35. The van der Waals surface area contributed by atoms with E-state index in [2.05, 4.69) is 20.0 Å². The lowest BCUT2D eigenvalue weighted by Gasteiger charge is -2.15. The van der Waals surface area contributed by atoms with Crippen molar-refractivity contribution < 1.29 is 22.3 Å². The normalized spacial score (nSPS) is 12.2. The topological polar surface area (TPSA) is 47.0 Å². The minimum atomic E-state index is -4.21. The molecular formula is C12H17F4N3O. The number of nitrogens with one attached hydrogen (secondary N) is 1. The van der Waals surface area contributed by atoms with Crippen molar-refractivity contribution in [2.75, 3.05) is 6.61 Å². The number of alkyl halides is 4. The van der Waals surface area contributed by atoms with Crippen LogP contribution >= 0.6 is 0 Å². The van der Waals surface area contributed by atoms with Crippen LogP contribution in [-0.2, 0) is 6.54 Å². The SMILES string of the molecule is Cc1nc(OCC(F)(F)C(F)F)ncc1CNC(C)C. The van der Waals surface area contributed by atoms with E-state index < -0.39 is 19.0 Å². The van der Waals surface area contributed by atoms with E-state index >= 15 is 0 Å². The Balaban J connectivity index is 2.63. The molecule has 0 amide bonds. The number of hydrogen-bond acceptors (Lipinski definition) is 4. The minimum absolute atomic E-state index is 0.273. The number of nitrogens with zero attached hydrogens (tertiary/aromatic N) is 2. The summed E-state index contributed by atoms with van der Waals surface area (Å²) in [5.74, 6) is -4.21. The lowest BCUT2D eigenvalue weighted by molar-refractivity contribution is -0.149. The molecule has 8 heteroatoms. The Hall–Kier alpha value is -1.44. The minimum Gasteiger partial charge on any atom is -0.457 e. The van der Waals surface area contributed by atoms with Gasteiger partial charge in [-0.25, -0.2) is 18.7 Å². The zero-order valence-electron chi connectivity index (χ0n) is 11.5. The maximum Gasteiger partial charge on any atom is 0.340 e. The molecule has 20 heavy (non-hydrogen) atoms. The molecule has 0 aliphatic rings. The first-order valence-corrected chi connectivity index (χ1v) is 6.07. The molecule has 0 unspecified atom stereocenters. The Labute approximate surface area is 114 Å². The number of halogens is 4. The molecule has 0 saturated heterocycles. The van der Waals surface area contributed by atoms with Gasteiger partial charge in [0, 0.05) is 30.0 Å². The smallest absolute Gasteiger partial charge is 0.340 e. The summed E-state index contributed by atoms with van der Waals surface area (Å²) >= 11 is 0. The van der Waals surface area contributed by atoms with Crippen LogP contribution in [0.25, 0.3) is 0 Å². The molecule has 0 fully saturated rings. The largest absolute Gasteiger partial charge is 0.457 e. The molecule has 0 saturated carbocycles. The van der Waals surface area contributed by atoms with Gasteiger partial charge in [-0.1, -0.05) is 13.8 Å². The predicted molar refractivity (Wildman–Crippen MR) is 65.2 cm³/mol. The van der Waals surface area contributed by atoms with Gasteiger partial charge in [0.15, 0.2) is 6.61 Å². The molecule has 1 aromatic heterocycles. The Bertz CT molecular complexity index is 441. The fourth-order valence-corrected chi connectivity index (χ4v) is 1.25. The summed E-state index contributed by atoms with van der Waals surface area (Å²) in [6.07, 6.45) is -2.36. The molecular weight excluding hydrogens is 278 g/mol. The zero-order chi connectivity index (χ0) is 15.3. The van der Waals surface area contributed by atoms with Gasteiger partial charge < -0.3 is 10.1 Å².